The first kappa shape index (κ1) is 25.1. The van der Waals surface area contributed by atoms with E-state index < -0.39 is 5.78 Å². The van der Waals surface area contributed by atoms with Crippen LogP contribution in [0.4, 0.5) is 0 Å². The van der Waals surface area contributed by atoms with Crippen molar-refractivity contribution < 1.29 is 29.6 Å². The van der Waals surface area contributed by atoms with Gasteiger partial charge in [-0.1, -0.05) is 0 Å². The van der Waals surface area contributed by atoms with Gasteiger partial charge in [-0.15, -0.1) is 0 Å². The van der Waals surface area contributed by atoms with Gasteiger partial charge in [0.05, 0.1) is 7.11 Å². The molecule has 0 amide bonds. The van der Waals surface area contributed by atoms with Gasteiger partial charge in [-0.3, -0.25) is 9.69 Å². The second-order valence-electron chi connectivity index (χ2n) is 9.57. The number of phenols is 2. The lowest BCUT2D eigenvalue weighted by molar-refractivity contribution is 0.101. The molecule has 0 radical (unpaired) electrons. The Morgan fingerprint density at radius 1 is 1.03 bits per heavy atom. The Labute approximate surface area is 215 Å². The lowest BCUT2D eigenvalue weighted by atomic mass is 10.1. The maximum atomic E-state index is 13.0. The summed E-state index contributed by atoms with van der Waals surface area (Å²) in [6.45, 7) is 8.87. The summed E-state index contributed by atoms with van der Waals surface area (Å²) < 4.78 is 13.5. The molecule has 2 aromatic carbocycles. The molecule has 2 aliphatic rings. The molecule has 0 unspecified atom stereocenters. The zero-order valence-electron chi connectivity index (χ0n) is 21.2. The number of methoxy groups -OCH3 is 1. The quantitative estimate of drug-likeness (QED) is 0.400. The lowest BCUT2D eigenvalue weighted by Crippen LogP contribution is -2.47. The molecule has 0 bridgehead atoms. The first-order chi connectivity index (χ1) is 17.9. The molecule has 196 valence electrons. The zero-order valence-corrected chi connectivity index (χ0v) is 21.2. The molecule has 1 saturated heterocycles. The number of phenolic OH excluding ortho intramolecular Hbond substituents is 2. The minimum absolute atomic E-state index is 0.0566. The molecule has 37 heavy (non-hydrogen) atoms. The number of rotatable bonds is 8. The van der Waals surface area contributed by atoms with Crippen LogP contribution in [0.1, 0.15) is 28.0 Å². The highest BCUT2D eigenvalue weighted by Gasteiger charge is 2.32. The van der Waals surface area contributed by atoms with Gasteiger partial charge in [0.2, 0.25) is 5.78 Å². The smallest absolute Gasteiger partial charge is 0.235 e. The van der Waals surface area contributed by atoms with Crippen molar-refractivity contribution >= 4 is 22.8 Å². The van der Waals surface area contributed by atoms with E-state index in [2.05, 4.69) is 14.4 Å². The van der Waals surface area contributed by atoms with E-state index in [0.29, 0.717) is 5.75 Å². The van der Waals surface area contributed by atoms with Gasteiger partial charge in [-0.25, -0.2) is 0 Å². The Morgan fingerprint density at radius 3 is 2.46 bits per heavy atom. The minimum Gasteiger partial charge on any atom is -0.508 e. The molecule has 0 aliphatic carbocycles. The Kier molecular flexibility index (Phi) is 7.10. The van der Waals surface area contributed by atoms with Crippen LogP contribution in [0, 0.1) is 6.92 Å². The third-order valence-electron chi connectivity index (χ3n) is 7.33. The van der Waals surface area contributed by atoms with E-state index in [9.17, 15) is 15.0 Å². The molecule has 0 saturated carbocycles. The van der Waals surface area contributed by atoms with Crippen molar-refractivity contribution in [2.75, 3.05) is 53.0 Å². The molecule has 3 N–H and O–H groups in total. The number of allylic oxidation sites excluding steroid dienone is 1. The fourth-order valence-corrected chi connectivity index (χ4v) is 5.27. The lowest BCUT2D eigenvalue weighted by Gasteiger charge is -2.34. The van der Waals surface area contributed by atoms with Crippen molar-refractivity contribution in [2.24, 2.45) is 0 Å². The fraction of sp³-hybridized carbons (Fsp3) is 0.393. The molecule has 0 spiro atoms. The fourth-order valence-electron chi connectivity index (χ4n) is 5.27. The number of fused-ring (bicyclic) bond motifs is 2. The number of Topliss-reactive ketones (excluding diaryl/α,β-unsaturated/α-hetero) is 1. The summed E-state index contributed by atoms with van der Waals surface area (Å²) in [4.78, 5) is 17.9. The Balaban J connectivity index is 1.42. The standard InChI is InChI=1S/C28H33N3O6/c1-18-21(17-26-28(35)27-24(34)14-19(33)15-25(27)37-26)22-16-20(36-2)4-5-23(22)31(18)12-11-30-9-7-29(8-10-30)6-3-13-32/h4-5,14-17,32-34H,3,6-13H2,1-2H3/b26-17-. The number of piperazine rings is 1. The van der Waals surface area contributed by atoms with Crippen molar-refractivity contribution in [1.29, 1.82) is 0 Å². The molecule has 2 aliphatic heterocycles. The van der Waals surface area contributed by atoms with E-state index in [1.165, 1.54) is 6.07 Å². The van der Waals surface area contributed by atoms with E-state index in [0.717, 1.165) is 80.5 Å². The van der Waals surface area contributed by atoms with E-state index in [1.807, 2.05) is 25.1 Å². The molecule has 3 heterocycles. The van der Waals surface area contributed by atoms with Crippen molar-refractivity contribution in [3.8, 4) is 23.0 Å². The molecule has 3 aromatic rings. The second kappa shape index (κ2) is 10.5. The molecule has 9 heteroatoms. The van der Waals surface area contributed by atoms with Crippen molar-refractivity contribution in [3.05, 3.63) is 52.9 Å². The second-order valence-corrected chi connectivity index (χ2v) is 9.57. The molecular weight excluding hydrogens is 474 g/mol. The highest BCUT2D eigenvalue weighted by atomic mass is 16.5. The third-order valence-corrected chi connectivity index (χ3v) is 7.33. The number of hydrogen-bond donors (Lipinski definition) is 3. The zero-order chi connectivity index (χ0) is 26.1. The number of aliphatic hydroxyl groups excluding tert-OH is 1. The van der Waals surface area contributed by atoms with Crippen molar-refractivity contribution in [3.63, 3.8) is 0 Å². The SMILES string of the molecule is COc1ccc2c(c1)c(/C=C1\Oc3cc(O)cc(O)c3C1=O)c(C)n2CCN1CCN(CCCO)CC1. The predicted molar refractivity (Wildman–Crippen MR) is 141 cm³/mol. The molecule has 0 atom stereocenters. The number of aliphatic hydroxyl groups is 1. The highest BCUT2D eigenvalue weighted by Crippen LogP contribution is 2.41. The number of aromatic hydroxyl groups is 2. The maximum Gasteiger partial charge on any atom is 0.235 e. The first-order valence-electron chi connectivity index (χ1n) is 12.6. The number of carbonyl (C=O) groups is 1. The number of ether oxygens (including phenoxy) is 2. The van der Waals surface area contributed by atoms with E-state index in [1.54, 1.807) is 13.2 Å². The molecule has 1 aromatic heterocycles. The van der Waals surface area contributed by atoms with Crippen LogP contribution in [-0.2, 0) is 6.54 Å². The summed E-state index contributed by atoms with van der Waals surface area (Å²) >= 11 is 0. The van der Waals surface area contributed by atoms with Gasteiger partial charge in [-0.2, -0.15) is 0 Å². The number of ketones is 1. The van der Waals surface area contributed by atoms with Crippen LogP contribution in [-0.4, -0.2) is 88.5 Å². The first-order valence-corrected chi connectivity index (χ1v) is 12.6. The van der Waals surface area contributed by atoms with Crippen LogP contribution in [0.5, 0.6) is 23.0 Å². The van der Waals surface area contributed by atoms with Crippen LogP contribution in [0.3, 0.4) is 0 Å². The number of aromatic nitrogens is 1. The highest BCUT2D eigenvalue weighted by molar-refractivity contribution is 6.17. The average molecular weight is 508 g/mol. The van der Waals surface area contributed by atoms with Crippen molar-refractivity contribution in [1.82, 2.24) is 14.4 Å². The predicted octanol–water partition coefficient (Wildman–Crippen LogP) is 2.99. The largest absolute Gasteiger partial charge is 0.508 e. The van der Waals surface area contributed by atoms with Crippen LogP contribution in [0.15, 0.2) is 36.1 Å². The van der Waals surface area contributed by atoms with Gasteiger partial charge in [0.1, 0.15) is 28.6 Å². The maximum absolute atomic E-state index is 13.0. The van der Waals surface area contributed by atoms with Gasteiger partial charge in [0.25, 0.3) is 0 Å². The average Bonchev–Trinajstić information content (AvgIpc) is 3.34. The van der Waals surface area contributed by atoms with Gasteiger partial charge >= 0.3 is 0 Å². The van der Waals surface area contributed by atoms with Gasteiger partial charge in [0, 0.05) is 86.7 Å². The third kappa shape index (κ3) is 4.90. The van der Waals surface area contributed by atoms with Crippen LogP contribution < -0.4 is 9.47 Å². The van der Waals surface area contributed by atoms with Crippen LogP contribution >= 0.6 is 0 Å². The Hall–Kier alpha value is -3.53. The van der Waals surface area contributed by atoms with Gasteiger partial charge < -0.3 is 34.3 Å². The Morgan fingerprint density at radius 2 is 1.76 bits per heavy atom. The molecule has 5 rings (SSSR count). The van der Waals surface area contributed by atoms with Gasteiger partial charge in [-0.05, 0) is 37.6 Å². The summed E-state index contributed by atoms with van der Waals surface area (Å²) in [6, 6.07) is 8.39. The monoisotopic (exact) mass is 507 g/mol. The molecule has 9 nitrogen and oxygen atoms in total. The van der Waals surface area contributed by atoms with E-state index in [-0.39, 0.29) is 35.2 Å². The van der Waals surface area contributed by atoms with Crippen molar-refractivity contribution in [2.45, 2.75) is 19.9 Å². The van der Waals surface area contributed by atoms with Gasteiger partial charge in [0.15, 0.2) is 5.76 Å². The number of nitrogens with zero attached hydrogens (tertiary/aromatic N) is 3. The summed E-state index contributed by atoms with van der Waals surface area (Å²) in [5.41, 5.74) is 2.94. The normalized spacial score (nSPS) is 17.5. The minimum atomic E-state index is -0.422. The summed E-state index contributed by atoms with van der Waals surface area (Å²) in [5.74, 6) is 0.0611. The van der Waals surface area contributed by atoms with Crippen LogP contribution in [0.2, 0.25) is 0 Å². The molecule has 1 fully saturated rings. The van der Waals surface area contributed by atoms with E-state index in [4.69, 9.17) is 14.6 Å². The number of benzene rings is 2. The summed E-state index contributed by atoms with van der Waals surface area (Å²) in [7, 11) is 1.62. The van der Waals surface area contributed by atoms with Crippen LogP contribution in [0.25, 0.3) is 17.0 Å². The summed E-state index contributed by atoms with van der Waals surface area (Å²) in [6.07, 6.45) is 2.53. The number of hydrogen-bond acceptors (Lipinski definition) is 8. The number of carbonyl (C=O) groups excluding carboxylic acids is 1. The molecular formula is C28H33N3O6. The Bertz CT molecular complexity index is 1350. The topological polar surface area (TPSA) is 108 Å². The van der Waals surface area contributed by atoms with E-state index >= 15 is 0 Å². The summed E-state index contributed by atoms with van der Waals surface area (Å²) in [5, 5.41) is 30.0.